The molecule has 0 spiro atoms. The second kappa shape index (κ2) is 5.79. The van der Waals surface area contributed by atoms with Crippen LogP contribution in [0.5, 0.6) is 0 Å². The quantitative estimate of drug-likeness (QED) is 0.847. The first-order chi connectivity index (χ1) is 9.08. The van der Waals surface area contributed by atoms with Crippen molar-refractivity contribution in [3.63, 3.8) is 0 Å². The molecule has 0 aliphatic carbocycles. The Morgan fingerprint density at radius 3 is 2.79 bits per heavy atom. The van der Waals surface area contributed by atoms with E-state index < -0.39 is 17.5 Å². The van der Waals surface area contributed by atoms with E-state index in [1.807, 2.05) is 16.8 Å². The standard InChI is InChI=1S/C13H12F2N2OS/c14-10-6-11(15)12(16)5-9(10)13(18)17-3-1-8-2-4-19-7-8/h2,4-7H,1,3,16H2,(H,17,18). The molecule has 0 aliphatic rings. The predicted molar refractivity (Wildman–Crippen MR) is 71.1 cm³/mol. The number of nitrogens with two attached hydrogens (primary N) is 1. The zero-order chi connectivity index (χ0) is 13.8. The highest BCUT2D eigenvalue weighted by molar-refractivity contribution is 7.07. The molecule has 1 heterocycles. The average molecular weight is 282 g/mol. The summed E-state index contributed by atoms with van der Waals surface area (Å²) >= 11 is 1.57. The number of carbonyl (C=O) groups is 1. The number of halogens is 2. The Labute approximate surface area is 113 Å². The predicted octanol–water partition coefficient (Wildman–Crippen LogP) is 2.58. The van der Waals surface area contributed by atoms with Crippen molar-refractivity contribution in [2.24, 2.45) is 0 Å². The van der Waals surface area contributed by atoms with Gasteiger partial charge in [-0.25, -0.2) is 8.78 Å². The molecule has 1 aromatic carbocycles. The molecule has 0 bridgehead atoms. The highest BCUT2D eigenvalue weighted by Gasteiger charge is 2.14. The smallest absolute Gasteiger partial charge is 0.254 e. The van der Waals surface area contributed by atoms with Crippen molar-refractivity contribution in [2.45, 2.75) is 6.42 Å². The molecule has 2 aromatic rings. The summed E-state index contributed by atoms with van der Waals surface area (Å²) in [4.78, 5) is 11.7. The molecule has 19 heavy (non-hydrogen) atoms. The maximum absolute atomic E-state index is 13.4. The van der Waals surface area contributed by atoms with E-state index in [9.17, 15) is 13.6 Å². The van der Waals surface area contributed by atoms with Crippen LogP contribution >= 0.6 is 11.3 Å². The number of nitrogens with one attached hydrogen (secondary N) is 1. The lowest BCUT2D eigenvalue weighted by molar-refractivity contribution is 0.0950. The Kier molecular flexibility index (Phi) is 4.11. The second-order valence-electron chi connectivity index (χ2n) is 3.99. The van der Waals surface area contributed by atoms with Gasteiger partial charge in [0.05, 0.1) is 11.3 Å². The van der Waals surface area contributed by atoms with Crippen LogP contribution in [0.4, 0.5) is 14.5 Å². The third kappa shape index (κ3) is 3.29. The van der Waals surface area contributed by atoms with Gasteiger partial charge in [-0.3, -0.25) is 4.79 Å². The fourth-order valence-corrected chi connectivity index (χ4v) is 2.29. The van der Waals surface area contributed by atoms with Gasteiger partial charge in [-0.2, -0.15) is 11.3 Å². The van der Waals surface area contributed by atoms with E-state index in [0.717, 1.165) is 11.6 Å². The van der Waals surface area contributed by atoms with Crippen molar-refractivity contribution in [3.05, 3.63) is 51.7 Å². The van der Waals surface area contributed by atoms with E-state index >= 15 is 0 Å². The van der Waals surface area contributed by atoms with Crippen LogP contribution in [0.1, 0.15) is 15.9 Å². The number of carbonyl (C=O) groups excluding carboxylic acids is 1. The summed E-state index contributed by atoms with van der Waals surface area (Å²) in [6, 6.07) is 3.57. The first kappa shape index (κ1) is 13.5. The zero-order valence-corrected chi connectivity index (χ0v) is 10.8. The molecule has 0 saturated carbocycles. The van der Waals surface area contributed by atoms with E-state index in [0.29, 0.717) is 19.0 Å². The fourth-order valence-electron chi connectivity index (χ4n) is 1.59. The van der Waals surface area contributed by atoms with Crippen LogP contribution in [0.15, 0.2) is 29.0 Å². The molecule has 0 aliphatic heterocycles. The van der Waals surface area contributed by atoms with Gasteiger partial charge in [0, 0.05) is 12.6 Å². The van der Waals surface area contributed by atoms with Crippen LogP contribution in [-0.2, 0) is 6.42 Å². The molecule has 100 valence electrons. The van der Waals surface area contributed by atoms with Crippen molar-refractivity contribution in [1.82, 2.24) is 5.32 Å². The largest absolute Gasteiger partial charge is 0.396 e. The molecular formula is C13H12F2N2OS. The number of anilines is 1. The lowest BCUT2D eigenvalue weighted by atomic mass is 10.1. The van der Waals surface area contributed by atoms with Crippen LogP contribution in [0.2, 0.25) is 0 Å². The number of thiophene rings is 1. The normalized spacial score (nSPS) is 10.4. The number of rotatable bonds is 4. The molecule has 3 nitrogen and oxygen atoms in total. The van der Waals surface area contributed by atoms with Crippen molar-refractivity contribution in [2.75, 3.05) is 12.3 Å². The SMILES string of the molecule is Nc1cc(C(=O)NCCc2ccsc2)c(F)cc1F. The van der Waals surface area contributed by atoms with E-state index in [2.05, 4.69) is 5.32 Å². The topological polar surface area (TPSA) is 55.1 Å². The molecule has 1 aromatic heterocycles. The second-order valence-corrected chi connectivity index (χ2v) is 4.77. The van der Waals surface area contributed by atoms with Crippen LogP contribution in [0.3, 0.4) is 0 Å². The summed E-state index contributed by atoms with van der Waals surface area (Å²) in [5, 5.41) is 6.49. The summed E-state index contributed by atoms with van der Waals surface area (Å²) in [6.07, 6.45) is 0.660. The Hall–Kier alpha value is -1.95. The molecule has 3 N–H and O–H groups in total. The molecule has 6 heteroatoms. The van der Waals surface area contributed by atoms with Crippen molar-refractivity contribution in [3.8, 4) is 0 Å². The van der Waals surface area contributed by atoms with Crippen molar-refractivity contribution < 1.29 is 13.6 Å². The fraction of sp³-hybridized carbons (Fsp3) is 0.154. The van der Waals surface area contributed by atoms with Crippen LogP contribution < -0.4 is 11.1 Å². The monoisotopic (exact) mass is 282 g/mol. The molecule has 0 atom stereocenters. The molecule has 0 saturated heterocycles. The highest BCUT2D eigenvalue weighted by Crippen LogP contribution is 2.16. The van der Waals surface area contributed by atoms with E-state index in [-0.39, 0.29) is 11.3 Å². The minimum absolute atomic E-state index is 0.246. The van der Waals surface area contributed by atoms with E-state index in [1.165, 1.54) is 0 Å². The Morgan fingerprint density at radius 2 is 2.11 bits per heavy atom. The number of hydrogen-bond donors (Lipinski definition) is 2. The maximum atomic E-state index is 13.4. The summed E-state index contributed by atoms with van der Waals surface area (Å²) in [6.45, 7) is 0.381. The van der Waals surface area contributed by atoms with Crippen molar-refractivity contribution >= 4 is 22.9 Å². The molecule has 0 unspecified atom stereocenters. The lowest BCUT2D eigenvalue weighted by Gasteiger charge is -2.07. The van der Waals surface area contributed by atoms with Crippen LogP contribution in [-0.4, -0.2) is 12.5 Å². The summed E-state index contributed by atoms with van der Waals surface area (Å²) in [5.41, 5.74) is 5.92. The summed E-state index contributed by atoms with van der Waals surface area (Å²) < 4.78 is 26.4. The molecular weight excluding hydrogens is 270 g/mol. The average Bonchev–Trinajstić information content (AvgIpc) is 2.86. The minimum Gasteiger partial charge on any atom is -0.396 e. The number of nitrogen functional groups attached to an aromatic ring is 1. The molecule has 0 radical (unpaired) electrons. The Bertz CT molecular complexity index is 585. The van der Waals surface area contributed by atoms with E-state index in [1.54, 1.807) is 11.3 Å². The number of amides is 1. The third-order valence-corrected chi connectivity index (χ3v) is 3.34. The van der Waals surface area contributed by atoms with Crippen LogP contribution in [0.25, 0.3) is 0 Å². The van der Waals surface area contributed by atoms with Crippen molar-refractivity contribution in [1.29, 1.82) is 0 Å². The molecule has 0 fully saturated rings. The maximum Gasteiger partial charge on any atom is 0.254 e. The Morgan fingerprint density at radius 1 is 1.32 bits per heavy atom. The van der Waals surface area contributed by atoms with Gasteiger partial charge in [-0.05, 0) is 34.9 Å². The highest BCUT2D eigenvalue weighted by atomic mass is 32.1. The Balaban J connectivity index is 1.98. The minimum atomic E-state index is -0.917. The van der Waals surface area contributed by atoms with E-state index in [4.69, 9.17) is 5.73 Å². The first-order valence-electron chi connectivity index (χ1n) is 5.61. The summed E-state index contributed by atoms with van der Waals surface area (Å²) in [5.74, 6) is -2.38. The van der Waals surface area contributed by atoms with Gasteiger partial charge >= 0.3 is 0 Å². The van der Waals surface area contributed by atoms with Crippen LogP contribution in [0, 0.1) is 11.6 Å². The number of hydrogen-bond acceptors (Lipinski definition) is 3. The van der Waals surface area contributed by atoms with Gasteiger partial charge in [0.25, 0.3) is 5.91 Å². The van der Waals surface area contributed by atoms with Gasteiger partial charge in [-0.1, -0.05) is 0 Å². The van der Waals surface area contributed by atoms with Gasteiger partial charge in [0.2, 0.25) is 0 Å². The number of benzene rings is 1. The van der Waals surface area contributed by atoms with Gasteiger partial charge in [0.15, 0.2) is 0 Å². The zero-order valence-electron chi connectivity index (χ0n) is 9.95. The molecule has 1 amide bonds. The molecule has 2 rings (SSSR count). The summed E-state index contributed by atoms with van der Waals surface area (Å²) in [7, 11) is 0. The lowest BCUT2D eigenvalue weighted by Crippen LogP contribution is -2.26. The van der Waals surface area contributed by atoms with Gasteiger partial charge in [-0.15, -0.1) is 0 Å². The first-order valence-corrected chi connectivity index (χ1v) is 6.56. The van der Waals surface area contributed by atoms with Gasteiger partial charge < -0.3 is 11.1 Å². The third-order valence-electron chi connectivity index (χ3n) is 2.61. The van der Waals surface area contributed by atoms with Gasteiger partial charge in [0.1, 0.15) is 11.6 Å².